The first-order valence-corrected chi connectivity index (χ1v) is 7.95. The van der Waals surface area contributed by atoms with E-state index in [0.717, 1.165) is 10.0 Å². The van der Waals surface area contributed by atoms with Gasteiger partial charge in [-0.1, -0.05) is 28.1 Å². The van der Waals surface area contributed by atoms with Crippen molar-refractivity contribution in [3.05, 3.63) is 58.8 Å². The number of hydrogen-bond acceptors (Lipinski definition) is 4. The Morgan fingerprint density at radius 3 is 2.62 bits per heavy atom. The van der Waals surface area contributed by atoms with Gasteiger partial charge in [0.1, 0.15) is 11.9 Å². The number of hydrogen-bond donors (Lipinski definition) is 1. The molecule has 0 spiro atoms. The minimum atomic E-state index is -0.735. The Bertz CT molecular complexity index is 865. The Balaban J connectivity index is 1.75. The van der Waals surface area contributed by atoms with Crippen LogP contribution in [-0.2, 0) is 4.79 Å². The highest BCUT2D eigenvalue weighted by molar-refractivity contribution is 9.10. The van der Waals surface area contributed by atoms with Gasteiger partial charge in [0.05, 0.1) is 5.69 Å². The number of aromatic nitrogens is 4. The molecule has 0 fully saturated rings. The number of anilines is 1. The second-order valence-corrected chi connectivity index (χ2v) is 6.00. The van der Waals surface area contributed by atoms with Crippen LogP contribution in [0.3, 0.4) is 0 Å². The minimum Gasteiger partial charge on any atom is -0.322 e. The van der Waals surface area contributed by atoms with E-state index in [1.807, 2.05) is 24.3 Å². The summed E-state index contributed by atoms with van der Waals surface area (Å²) in [5, 5.41) is 14.6. The SMILES string of the molecule is CC(C(=O)Nc1ccccc1F)n1nnc(-c2ccc(Br)cc2)n1. The average molecular weight is 390 g/mol. The van der Waals surface area contributed by atoms with E-state index in [0.29, 0.717) is 5.82 Å². The highest BCUT2D eigenvalue weighted by Gasteiger charge is 2.19. The van der Waals surface area contributed by atoms with Crippen LogP contribution in [0.25, 0.3) is 11.4 Å². The first-order chi connectivity index (χ1) is 11.5. The highest BCUT2D eigenvalue weighted by atomic mass is 79.9. The molecule has 3 rings (SSSR count). The van der Waals surface area contributed by atoms with Gasteiger partial charge in [-0.2, -0.15) is 4.80 Å². The molecule has 122 valence electrons. The van der Waals surface area contributed by atoms with Gasteiger partial charge in [0.2, 0.25) is 5.82 Å². The zero-order chi connectivity index (χ0) is 17.1. The predicted octanol–water partition coefficient (Wildman–Crippen LogP) is 3.44. The van der Waals surface area contributed by atoms with E-state index in [4.69, 9.17) is 0 Å². The van der Waals surface area contributed by atoms with Crippen LogP contribution in [0.5, 0.6) is 0 Å². The van der Waals surface area contributed by atoms with E-state index in [9.17, 15) is 9.18 Å². The van der Waals surface area contributed by atoms with Gasteiger partial charge in [-0.25, -0.2) is 4.39 Å². The maximum atomic E-state index is 13.6. The van der Waals surface area contributed by atoms with Gasteiger partial charge in [-0.15, -0.1) is 10.2 Å². The summed E-state index contributed by atoms with van der Waals surface area (Å²) < 4.78 is 14.5. The molecule has 1 heterocycles. The molecule has 24 heavy (non-hydrogen) atoms. The summed E-state index contributed by atoms with van der Waals surface area (Å²) in [6.45, 7) is 1.61. The molecule has 1 unspecified atom stereocenters. The van der Waals surface area contributed by atoms with Crippen molar-refractivity contribution in [2.24, 2.45) is 0 Å². The Labute approximate surface area is 145 Å². The number of carbonyl (C=O) groups excluding carboxylic acids is 1. The normalized spacial score (nSPS) is 12.0. The van der Waals surface area contributed by atoms with E-state index in [2.05, 4.69) is 36.7 Å². The zero-order valence-electron chi connectivity index (χ0n) is 12.6. The Morgan fingerprint density at radius 2 is 1.92 bits per heavy atom. The lowest BCUT2D eigenvalue weighted by Gasteiger charge is -2.11. The predicted molar refractivity (Wildman–Crippen MR) is 90.7 cm³/mol. The number of nitrogens with zero attached hydrogens (tertiary/aromatic N) is 4. The Kier molecular flexibility index (Phi) is 4.66. The van der Waals surface area contributed by atoms with Gasteiger partial charge in [0.15, 0.2) is 0 Å². The number of rotatable bonds is 4. The molecule has 3 aromatic rings. The molecule has 8 heteroatoms. The van der Waals surface area contributed by atoms with Gasteiger partial charge in [0, 0.05) is 10.0 Å². The van der Waals surface area contributed by atoms with Gasteiger partial charge in [-0.3, -0.25) is 4.79 Å². The third-order valence-corrected chi connectivity index (χ3v) is 3.92. The molecule has 0 aliphatic rings. The second-order valence-electron chi connectivity index (χ2n) is 5.09. The Hall–Kier alpha value is -2.61. The number of carbonyl (C=O) groups is 1. The molecule has 2 aromatic carbocycles. The number of nitrogens with one attached hydrogen (secondary N) is 1. The van der Waals surface area contributed by atoms with Crippen LogP contribution in [-0.4, -0.2) is 26.1 Å². The standard InChI is InChI=1S/C16H13BrFN5O/c1-10(16(24)19-14-5-3-2-4-13(14)18)23-21-15(20-22-23)11-6-8-12(17)9-7-11/h2-10H,1H3,(H,19,24). The van der Waals surface area contributed by atoms with Gasteiger partial charge in [-0.05, 0) is 48.5 Å². The molecule has 6 nitrogen and oxygen atoms in total. The fraction of sp³-hybridized carbons (Fsp3) is 0.125. The molecule has 1 aromatic heterocycles. The van der Waals surface area contributed by atoms with Crippen molar-refractivity contribution in [3.63, 3.8) is 0 Å². The summed E-state index contributed by atoms with van der Waals surface area (Å²) in [5.74, 6) is -0.520. The van der Waals surface area contributed by atoms with Crippen LogP contribution in [0.2, 0.25) is 0 Å². The third kappa shape index (κ3) is 3.48. The van der Waals surface area contributed by atoms with Crippen molar-refractivity contribution in [2.75, 3.05) is 5.32 Å². The first-order valence-electron chi connectivity index (χ1n) is 7.15. The summed E-state index contributed by atoms with van der Waals surface area (Å²) in [6, 6.07) is 12.6. The lowest BCUT2D eigenvalue weighted by molar-refractivity contribution is -0.119. The summed E-state index contributed by atoms with van der Waals surface area (Å²) in [7, 11) is 0. The van der Waals surface area contributed by atoms with Crippen molar-refractivity contribution in [1.82, 2.24) is 20.2 Å². The fourth-order valence-electron chi connectivity index (χ4n) is 2.01. The molecule has 0 aliphatic carbocycles. The number of halogens is 2. The van der Waals surface area contributed by atoms with E-state index < -0.39 is 17.8 Å². The summed E-state index contributed by atoms with van der Waals surface area (Å²) in [5.41, 5.74) is 0.897. The molecule has 0 saturated carbocycles. The van der Waals surface area contributed by atoms with Crippen molar-refractivity contribution in [1.29, 1.82) is 0 Å². The quantitative estimate of drug-likeness (QED) is 0.741. The first kappa shape index (κ1) is 16.3. The van der Waals surface area contributed by atoms with Crippen LogP contribution in [0.1, 0.15) is 13.0 Å². The van der Waals surface area contributed by atoms with Crippen molar-refractivity contribution < 1.29 is 9.18 Å². The van der Waals surface area contributed by atoms with Crippen molar-refractivity contribution in [2.45, 2.75) is 13.0 Å². The fourth-order valence-corrected chi connectivity index (χ4v) is 2.27. The summed E-state index contributed by atoms with van der Waals surface area (Å²) in [6.07, 6.45) is 0. The molecule has 0 saturated heterocycles. The molecule has 1 N–H and O–H groups in total. The average Bonchev–Trinajstić information content (AvgIpc) is 3.07. The largest absolute Gasteiger partial charge is 0.322 e. The van der Waals surface area contributed by atoms with Crippen LogP contribution in [0.4, 0.5) is 10.1 Å². The number of benzene rings is 2. The summed E-state index contributed by atoms with van der Waals surface area (Å²) >= 11 is 3.36. The van der Waals surface area contributed by atoms with Crippen molar-refractivity contribution in [3.8, 4) is 11.4 Å². The van der Waals surface area contributed by atoms with Crippen molar-refractivity contribution >= 4 is 27.5 Å². The monoisotopic (exact) mass is 389 g/mol. The molecule has 1 atom stereocenters. The lowest BCUT2D eigenvalue weighted by atomic mass is 10.2. The van der Waals surface area contributed by atoms with Gasteiger partial charge in [0.25, 0.3) is 5.91 Å². The molecule has 0 radical (unpaired) electrons. The van der Waals surface area contributed by atoms with Crippen LogP contribution >= 0.6 is 15.9 Å². The van der Waals surface area contributed by atoms with E-state index in [1.165, 1.54) is 16.9 Å². The van der Waals surface area contributed by atoms with Gasteiger partial charge >= 0.3 is 0 Å². The second kappa shape index (κ2) is 6.88. The molecule has 0 bridgehead atoms. The smallest absolute Gasteiger partial charge is 0.250 e. The minimum absolute atomic E-state index is 0.114. The van der Waals surface area contributed by atoms with E-state index in [-0.39, 0.29) is 5.69 Å². The molecule has 0 aliphatic heterocycles. The molecule has 1 amide bonds. The van der Waals surface area contributed by atoms with Gasteiger partial charge < -0.3 is 5.32 Å². The van der Waals surface area contributed by atoms with Crippen LogP contribution in [0, 0.1) is 5.82 Å². The molecular formula is C16H13BrFN5O. The van der Waals surface area contributed by atoms with Crippen LogP contribution < -0.4 is 5.32 Å². The topological polar surface area (TPSA) is 72.7 Å². The maximum Gasteiger partial charge on any atom is 0.250 e. The Morgan fingerprint density at radius 1 is 1.21 bits per heavy atom. The van der Waals surface area contributed by atoms with E-state index >= 15 is 0 Å². The lowest BCUT2D eigenvalue weighted by Crippen LogP contribution is -2.25. The maximum absolute atomic E-state index is 13.6. The number of tetrazole rings is 1. The third-order valence-electron chi connectivity index (χ3n) is 3.39. The number of para-hydroxylation sites is 1. The number of amides is 1. The highest BCUT2D eigenvalue weighted by Crippen LogP contribution is 2.19. The zero-order valence-corrected chi connectivity index (χ0v) is 14.2. The molecular weight excluding hydrogens is 377 g/mol. The summed E-state index contributed by atoms with van der Waals surface area (Å²) in [4.78, 5) is 13.4. The van der Waals surface area contributed by atoms with E-state index in [1.54, 1.807) is 19.1 Å². The van der Waals surface area contributed by atoms with Crippen LogP contribution in [0.15, 0.2) is 53.0 Å².